The number of aryl methyl sites for hydroxylation is 1. The Morgan fingerprint density at radius 1 is 0.458 bits per heavy atom. The fourth-order valence-corrected chi connectivity index (χ4v) is 10.4. The highest BCUT2D eigenvalue weighted by molar-refractivity contribution is 5.99. The van der Waals surface area contributed by atoms with Crippen LogP contribution in [-0.2, 0) is 11.8 Å². The predicted octanol–water partition coefficient (Wildman–Crippen LogP) is 14.6. The van der Waals surface area contributed by atoms with Crippen LogP contribution in [0.2, 0.25) is 0 Å². The number of para-hydroxylation sites is 2. The number of rotatable bonds is 4. The van der Waals surface area contributed by atoms with Crippen molar-refractivity contribution in [3.63, 3.8) is 0 Å². The number of hydrogen-bond donors (Lipinski definition) is 0. The molecular weight excluding hydrogens is 723 g/mol. The van der Waals surface area contributed by atoms with Gasteiger partial charge in [0.15, 0.2) is 23.0 Å². The summed E-state index contributed by atoms with van der Waals surface area (Å²) in [6.07, 6.45) is 4.11. The van der Waals surface area contributed by atoms with E-state index in [1.807, 2.05) is 12.1 Å². The molecule has 4 heteroatoms. The van der Waals surface area contributed by atoms with Crippen molar-refractivity contribution in [2.24, 2.45) is 0 Å². The lowest BCUT2D eigenvalue weighted by atomic mass is 9.70. The quantitative estimate of drug-likeness (QED) is 0.179. The van der Waals surface area contributed by atoms with Gasteiger partial charge in [-0.3, -0.25) is 0 Å². The highest BCUT2D eigenvalue weighted by Gasteiger charge is 2.53. The topological polar surface area (TPSA) is 34.8 Å². The zero-order chi connectivity index (χ0) is 38.7. The molecule has 0 saturated carbocycles. The van der Waals surface area contributed by atoms with Crippen LogP contribution < -0.4 is 14.4 Å². The van der Waals surface area contributed by atoms with Gasteiger partial charge in [-0.25, -0.2) is 0 Å². The molecular formula is C55H35NO3. The van der Waals surface area contributed by atoms with E-state index < -0.39 is 5.41 Å². The molecule has 278 valence electrons. The van der Waals surface area contributed by atoms with E-state index >= 15 is 0 Å². The van der Waals surface area contributed by atoms with E-state index in [0.717, 1.165) is 58.3 Å². The van der Waals surface area contributed by atoms with Crippen LogP contribution >= 0.6 is 0 Å². The number of ether oxygens (including phenoxy) is 2. The van der Waals surface area contributed by atoms with Gasteiger partial charge in [-0.1, -0.05) is 127 Å². The highest BCUT2D eigenvalue weighted by atomic mass is 16.6. The van der Waals surface area contributed by atoms with Crippen molar-refractivity contribution >= 4 is 39.7 Å². The van der Waals surface area contributed by atoms with E-state index in [9.17, 15) is 0 Å². The van der Waals surface area contributed by atoms with Crippen LogP contribution in [0.25, 0.3) is 44.9 Å². The molecule has 0 fully saturated rings. The van der Waals surface area contributed by atoms with Crippen molar-refractivity contribution in [2.75, 3.05) is 4.90 Å². The molecule has 0 radical (unpaired) electrons. The van der Waals surface area contributed by atoms with Gasteiger partial charge in [0.1, 0.15) is 11.3 Å². The Bertz CT molecular complexity index is 3200. The fourth-order valence-electron chi connectivity index (χ4n) is 10.4. The third-order valence-electron chi connectivity index (χ3n) is 12.8. The monoisotopic (exact) mass is 757 g/mol. The molecule has 59 heavy (non-hydrogen) atoms. The number of anilines is 3. The maximum atomic E-state index is 7.13. The molecule has 3 aliphatic carbocycles. The van der Waals surface area contributed by atoms with Crippen LogP contribution in [0.15, 0.2) is 186 Å². The molecule has 0 atom stereocenters. The van der Waals surface area contributed by atoms with Gasteiger partial charge in [0.2, 0.25) is 0 Å². The Kier molecular flexibility index (Phi) is 6.74. The van der Waals surface area contributed by atoms with E-state index in [0.29, 0.717) is 11.5 Å². The minimum atomic E-state index is -0.463. The average molecular weight is 758 g/mol. The molecule has 1 spiro atoms. The van der Waals surface area contributed by atoms with Gasteiger partial charge in [-0.05, 0) is 111 Å². The smallest absolute Gasteiger partial charge is 0.178 e. The molecule has 0 N–H and O–H groups in total. The second-order valence-corrected chi connectivity index (χ2v) is 15.9. The zero-order valence-corrected chi connectivity index (χ0v) is 32.0. The van der Waals surface area contributed by atoms with Crippen molar-refractivity contribution in [2.45, 2.75) is 18.3 Å². The van der Waals surface area contributed by atoms with Crippen molar-refractivity contribution in [1.29, 1.82) is 0 Å². The maximum absolute atomic E-state index is 7.13. The van der Waals surface area contributed by atoms with Crippen molar-refractivity contribution in [1.82, 2.24) is 0 Å². The van der Waals surface area contributed by atoms with Gasteiger partial charge >= 0.3 is 0 Å². The van der Waals surface area contributed by atoms with E-state index in [2.05, 4.69) is 181 Å². The highest BCUT2D eigenvalue weighted by Crippen LogP contribution is 2.66. The van der Waals surface area contributed by atoms with Crippen molar-refractivity contribution in [3.8, 4) is 45.3 Å². The van der Waals surface area contributed by atoms with Gasteiger partial charge in [0.25, 0.3) is 0 Å². The molecule has 4 nitrogen and oxygen atoms in total. The summed E-state index contributed by atoms with van der Waals surface area (Å²) in [5, 5.41) is 1.17. The summed E-state index contributed by atoms with van der Waals surface area (Å²) in [6, 6.07) is 65.0. The fraction of sp³-hybridized carbons (Fsp3) is 0.0545. The minimum absolute atomic E-state index is 0.463. The Morgan fingerprint density at radius 2 is 1.12 bits per heavy atom. The van der Waals surface area contributed by atoms with Crippen molar-refractivity contribution < 1.29 is 13.9 Å². The molecule has 9 aromatic rings. The van der Waals surface area contributed by atoms with E-state index in [1.165, 1.54) is 61.0 Å². The number of benzene rings is 8. The van der Waals surface area contributed by atoms with Crippen LogP contribution in [-0.4, -0.2) is 0 Å². The van der Waals surface area contributed by atoms with Gasteiger partial charge in [0.05, 0.1) is 11.1 Å². The lowest BCUT2D eigenvalue weighted by Gasteiger charge is -2.31. The first kappa shape index (κ1) is 32.5. The SMILES string of the molecule is C1=C(c2cccc(N(c3ccccc3)c3ccc4c(c3)Oc3c(ccc5c3-c3ccccc3C53c5ccccc5-c5ccccc53)O4)c2)CCc2oc3ccccc3c21. The maximum Gasteiger partial charge on any atom is 0.178 e. The second kappa shape index (κ2) is 12.2. The summed E-state index contributed by atoms with van der Waals surface area (Å²) >= 11 is 0. The summed E-state index contributed by atoms with van der Waals surface area (Å²) < 4.78 is 20.1. The van der Waals surface area contributed by atoms with Crippen LogP contribution in [0.4, 0.5) is 17.1 Å². The Labute approximate surface area is 341 Å². The first-order valence-electron chi connectivity index (χ1n) is 20.4. The van der Waals surface area contributed by atoms with E-state index in [4.69, 9.17) is 13.9 Å². The van der Waals surface area contributed by atoms with Crippen LogP contribution in [0.3, 0.4) is 0 Å². The zero-order valence-electron chi connectivity index (χ0n) is 32.0. The normalized spacial score (nSPS) is 14.5. The third-order valence-corrected chi connectivity index (χ3v) is 12.8. The Morgan fingerprint density at radius 3 is 1.93 bits per heavy atom. The van der Waals surface area contributed by atoms with Crippen LogP contribution in [0, 0.1) is 0 Å². The summed E-state index contributed by atoms with van der Waals surface area (Å²) in [6.45, 7) is 0. The average Bonchev–Trinajstić information content (AvgIpc) is 3.93. The van der Waals surface area contributed by atoms with E-state index in [1.54, 1.807) is 0 Å². The number of hydrogen-bond acceptors (Lipinski definition) is 4. The van der Waals surface area contributed by atoms with Crippen molar-refractivity contribution in [3.05, 3.63) is 221 Å². The molecule has 0 amide bonds. The molecule has 0 saturated heterocycles. The second-order valence-electron chi connectivity index (χ2n) is 15.9. The van der Waals surface area contributed by atoms with Gasteiger partial charge in [-0.2, -0.15) is 0 Å². The molecule has 4 aliphatic rings. The summed E-state index contributed by atoms with van der Waals surface area (Å²) in [5.41, 5.74) is 17.2. The van der Waals surface area contributed by atoms with Crippen LogP contribution in [0.5, 0.6) is 23.0 Å². The largest absolute Gasteiger partial charge is 0.460 e. The number of allylic oxidation sites excluding steroid dienone is 1. The third kappa shape index (κ3) is 4.54. The molecule has 1 aliphatic heterocycles. The number of furan rings is 1. The van der Waals surface area contributed by atoms with Gasteiger partial charge in [-0.15, -0.1) is 0 Å². The van der Waals surface area contributed by atoms with Gasteiger partial charge < -0.3 is 18.8 Å². The lowest BCUT2D eigenvalue weighted by molar-refractivity contribution is 0.360. The first-order valence-corrected chi connectivity index (χ1v) is 20.4. The summed E-state index contributed by atoms with van der Waals surface area (Å²) in [7, 11) is 0. The molecule has 2 heterocycles. The molecule has 13 rings (SSSR count). The predicted molar refractivity (Wildman–Crippen MR) is 236 cm³/mol. The number of nitrogens with zero attached hydrogens (tertiary/aromatic N) is 1. The lowest BCUT2D eigenvalue weighted by Crippen LogP contribution is -2.25. The summed E-state index contributed by atoms with van der Waals surface area (Å²) in [4.78, 5) is 2.30. The molecule has 0 unspecified atom stereocenters. The standard InChI is InChI=1S/C55H35NO3/c1-2-14-36(15-3-1)56(37-16-12-13-34(31-37)35-25-28-49-43(32-35)41-19-7-11-24-48(41)57-49)38-26-29-50-52(33-38)59-54-51(58-50)30-27-47-53(54)42-20-6-10-23-46(42)55(47)44-21-8-4-17-39(44)40-18-5-9-22-45(40)55/h1-24,26-27,29-33H,25,28H2. The van der Waals surface area contributed by atoms with Crippen LogP contribution in [0.1, 0.15) is 45.6 Å². The molecule has 8 aromatic carbocycles. The molecule has 1 aromatic heterocycles. The van der Waals surface area contributed by atoms with E-state index in [-0.39, 0.29) is 0 Å². The number of fused-ring (bicyclic) bond motifs is 16. The molecule has 0 bridgehead atoms. The van der Waals surface area contributed by atoms with Gasteiger partial charge in [0, 0.05) is 40.4 Å². The Balaban J connectivity index is 0.933. The Hall–Kier alpha value is -7.56. The first-order chi connectivity index (χ1) is 29.2. The minimum Gasteiger partial charge on any atom is -0.460 e. The summed E-state index contributed by atoms with van der Waals surface area (Å²) in [5.74, 6) is 3.91.